The lowest BCUT2D eigenvalue weighted by atomic mass is 9.76. The van der Waals surface area contributed by atoms with Gasteiger partial charge in [-0.1, -0.05) is 28.2 Å². The van der Waals surface area contributed by atoms with Crippen molar-refractivity contribution >= 4 is 40.4 Å². The maximum Gasteiger partial charge on any atom is 0.260 e. The first-order valence-corrected chi connectivity index (χ1v) is 28.2. The minimum Gasteiger partial charge on any atom is -0.395 e. The van der Waals surface area contributed by atoms with Crippen molar-refractivity contribution in [3.63, 3.8) is 0 Å². The second kappa shape index (κ2) is 23.0. The Morgan fingerprint density at radius 1 is 1.08 bits per heavy atom. The average Bonchev–Trinajstić information content (AvgIpc) is 4.10. The number of carbonyl (C=O) groups excluding carboxylic acids is 3. The minimum absolute atomic E-state index is 0. The molecule has 9 heterocycles. The Hall–Kier alpha value is -4.20. The van der Waals surface area contributed by atoms with Crippen LogP contribution in [0, 0.1) is 22.7 Å². The van der Waals surface area contributed by atoms with Gasteiger partial charge in [0, 0.05) is 128 Å². The number of hydrazine groups is 1. The van der Waals surface area contributed by atoms with Crippen molar-refractivity contribution in [1.29, 1.82) is 0 Å². The van der Waals surface area contributed by atoms with Crippen molar-refractivity contribution in [2.24, 2.45) is 22.7 Å². The van der Waals surface area contributed by atoms with E-state index in [4.69, 9.17) is 19.2 Å². The molecular weight excluding hydrogens is 949 g/mol. The molecule has 7 aliphatic heterocycles. The molecule has 418 valence electrons. The molecule has 2 spiro atoms. The molecule has 3 aromatic rings. The summed E-state index contributed by atoms with van der Waals surface area (Å²) < 4.78 is 19.9. The number of aromatic nitrogens is 2. The van der Waals surface area contributed by atoms with Gasteiger partial charge in [0.1, 0.15) is 12.3 Å². The second-order valence-electron chi connectivity index (χ2n) is 24.0. The fraction of sp³-hybridized carbons (Fsp3) is 0.724. The molecule has 2 unspecified atom stereocenters. The molecule has 2 aromatic heterocycles. The van der Waals surface area contributed by atoms with Crippen LogP contribution < -0.4 is 20.5 Å². The first-order valence-electron chi connectivity index (χ1n) is 28.2. The van der Waals surface area contributed by atoms with E-state index >= 15 is 9.59 Å². The van der Waals surface area contributed by atoms with Crippen LogP contribution in [0.3, 0.4) is 0 Å². The third kappa shape index (κ3) is 10.6. The largest absolute Gasteiger partial charge is 0.395 e. The summed E-state index contributed by atoms with van der Waals surface area (Å²) in [5.74, 6) is 0.485. The number of carbonyl (C=O) groups is 3. The van der Waals surface area contributed by atoms with Gasteiger partial charge in [0.05, 0.1) is 68.5 Å². The molecule has 0 saturated carbocycles. The van der Waals surface area contributed by atoms with Crippen molar-refractivity contribution in [2.75, 3.05) is 129 Å². The topological polar surface area (TPSA) is 160 Å². The number of pyridine rings is 1. The van der Waals surface area contributed by atoms with Crippen LogP contribution in [0.5, 0.6) is 0 Å². The number of ether oxygens (including phenoxy) is 3. The molecule has 7 saturated heterocycles. The van der Waals surface area contributed by atoms with Crippen molar-refractivity contribution in [2.45, 2.75) is 130 Å². The Morgan fingerprint density at radius 2 is 1.87 bits per heavy atom. The van der Waals surface area contributed by atoms with Crippen LogP contribution in [0.1, 0.15) is 107 Å². The molecule has 75 heavy (non-hydrogen) atoms. The highest BCUT2D eigenvalue weighted by Gasteiger charge is 2.64. The van der Waals surface area contributed by atoms with Crippen molar-refractivity contribution in [3.05, 3.63) is 41.7 Å². The molecule has 10 rings (SSSR count). The summed E-state index contributed by atoms with van der Waals surface area (Å²) in [6.45, 7) is 22.8. The van der Waals surface area contributed by atoms with E-state index in [1.165, 1.54) is 5.56 Å². The van der Waals surface area contributed by atoms with Gasteiger partial charge in [0.25, 0.3) is 5.91 Å². The quantitative estimate of drug-likeness (QED) is 0.109. The first-order chi connectivity index (χ1) is 35.7. The van der Waals surface area contributed by atoms with E-state index in [-0.39, 0.29) is 69.2 Å². The van der Waals surface area contributed by atoms with Crippen LogP contribution in [0.25, 0.3) is 22.2 Å². The van der Waals surface area contributed by atoms with Crippen LogP contribution in [-0.4, -0.2) is 195 Å². The van der Waals surface area contributed by atoms with Gasteiger partial charge >= 0.3 is 0 Å². The number of nitrogens with one attached hydrogen (secondary N) is 2. The number of rotatable bonds is 21. The number of amides is 2. The van der Waals surface area contributed by atoms with Gasteiger partial charge < -0.3 is 48.7 Å². The van der Waals surface area contributed by atoms with Crippen molar-refractivity contribution in [1.82, 2.24) is 40.0 Å². The fourth-order valence-electron chi connectivity index (χ4n) is 14.7. The lowest BCUT2D eigenvalue weighted by molar-refractivity contribution is -0.202. The van der Waals surface area contributed by atoms with Crippen molar-refractivity contribution < 1.29 is 36.6 Å². The van der Waals surface area contributed by atoms with Crippen LogP contribution in [-0.2, 0) is 41.6 Å². The summed E-state index contributed by atoms with van der Waals surface area (Å²) in [7, 11) is 3.94. The summed E-state index contributed by atoms with van der Waals surface area (Å²) in [4.78, 5) is 59.4. The highest BCUT2D eigenvalue weighted by molar-refractivity contribution is 5.95. The number of methoxy groups -OCH3 is 1. The SMILES string of the molecule is C.CCn1c(-c2cc(N3CCOCC3)cnc2[C@H](C)OC)c(CC(C)(C)CCC=O)c2cc(N(CCO)CC[C@H]([C@H](NC(=O)[C@@H]3C(C)C4CN(C)C[C@@]45CCCN35)C(=O)N3CCCCN3)N3CC4(COC4)C3)ccc21.[HH].[HH]. The maximum absolute atomic E-state index is 15.2. The molecule has 17 nitrogen and oxygen atoms in total. The molecule has 3 N–H and O–H groups in total. The summed E-state index contributed by atoms with van der Waals surface area (Å²) in [5, 5.41) is 17.3. The number of nitrogens with zero attached hydrogens (tertiary/aromatic N) is 8. The molecule has 1 aromatic carbocycles. The third-order valence-electron chi connectivity index (χ3n) is 18.5. The molecule has 7 fully saturated rings. The Bertz CT molecular complexity index is 2490. The number of fused-ring (bicyclic) bond motifs is 1. The first kappa shape index (κ1) is 55.6. The lowest BCUT2D eigenvalue weighted by Gasteiger charge is -2.58. The lowest BCUT2D eigenvalue weighted by Crippen LogP contribution is -2.73. The number of anilines is 2. The molecule has 2 amide bonds. The minimum atomic E-state index is -0.773. The van der Waals surface area contributed by atoms with E-state index in [0.29, 0.717) is 64.8 Å². The van der Waals surface area contributed by atoms with Gasteiger partial charge in [-0.25, -0.2) is 5.43 Å². The summed E-state index contributed by atoms with van der Waals surface area (Å²) in [6, 6.07) is 7.64. The van der Waals surface area contributed by atoms with Crippen LogP contribution in [0.15, 0.2) is 30.5 Å². The normalized spacial score (nSPS) is 26.1. The van der Waals surface area contributed by atoms with E-state index in [0.717, 1.165) is 143 Å². The monoisotopic (exact) mass is 1040 g/mol. The zero-order valence-electron chi connectivity index (χ0n) is 45.6. The zero-order chi connectivity index (χ0) is 51.9. The Labute approximate surface area is 449 Å². The number of aryl methyl sites for hydroxylation is 1. The van der Waals surface area contributed by atoms with Gasteiger partial charge in [0.2, 0.25) is 5.91 Å². The number of hydrogen-bond acceptors (Lipinski definition) is 14. The van der Waals surface area contributed by atoms with Gasteiger partial charge in [0.15, 0.2) is 0 Å². The van der Waals surface area contributed by atoms with Gasteiger partial charge in [-0.05, 0) is 119 Å². The average molecular weight is 1040 g/mol. The van der Waals surface area contributed by atoms with Gasteiger partial charge in [-0.3, -0.25) is 29.4 Å². The van der Waals surface area contributed by atoms with E-state index in [1.807, 2.05) is 6.20 Å². The molecular formula is C58H94N10O7. The van der Waals surface area contributed by atoms with E-state index in [1.54, 1.807) is 12.1 Å². The molecule has 7 atom stereocenters. The number of aldehydes is 1. The summed E-state index contributed by atoms with van der Waals surface area (Å²) in [6.07, 6.45) is 9.36. The van der Waals surface area contributed by atoms with Gasteiger partial charge in [-0.15, -0.1) is 0 Å². The van der Waals surface area contributed by atoms with E-state index in [9.17, 15) is 9.90 Å². The highest BCUT2D eigenvalue weighted by atomic mass is 16.5. The van der Waals surface area contributed by atoms with Crippen molar-refractivity contribution in [3.8, 4) is 11.3 Å². The number of morpholine rings is 1. The predicted molar refractivity (Wildman–Crippen MR) is 299 cm³/mol. The number of hydrogen-bond donors (Lipinski definition) is 3. The Morgan fingerprint density at radius 3 is 2.55 bits per heavy atom. The van der Waals surface area contributed by atoms with Crippen LogP contribution in [0.2, 0.25) is 0 Å². The molecule has 0 aliphatic carbocycles. The number of aliphatic hydroxyl groups excluding tert-OH is 1. The van der Waals surface area contributed by atoms with Crippen LogP contribution in [0.4, 0.5) is 11.4 Å². The number of aliphatic hydroxyl groups is 1. The summed E-state index contributed by atoms with van der Waals surface area (Å²) >= 11 is 0. The highest BCUT2D eigenvalue weighted by Crippen LogP contribution is 2.53. The molecule has 0 radical (unpaired) electrons. The smallest absolute Gasteiger partial charge is 0.260 e. The third-order valence-corrected chi connectivity index (χ3v) is 18.5. The predicted octanol–water partition coefficient (Wildman–Crippen LogP) is 5.86. The molecule has 17 heteroatoms. The Kier molecular flexibility index (Phi) is 17.1. The molecule has 0 bridgehead atoms. The maximum atomic E-state index is 15.2. The second-order valence-corrected chi connectivity index (χ2v) is 24.0. The molecule has 7 aliphatic rings. The Balaban J connectivity index is 0.00000287. The fourth-order valence-corrected chi connectivity index (χ4v) is 14.7. The van der Waals surface area contributed by atoms with Crippen LogP contribution >= 0.6 is 0 Å². The van der Waals surface area contributed by atoms with E-state index in [2.05, 4.69) is 106 Å². The van der Waals surface area contributed by atoms with E-state index < -0.39 is 6.04 Å². The zero-order valence-corrected chi connectivity index (χ0v) is 45.6. The summed E-state index contributed by atoms with van der Waals surface area (Å²) in [5.41, 5.74) is 10.6. The number of likely N-dealkylation sites (tertiary alicyclic amines) is 2. The van der Waals surface area contributed by atoms with Gasteiger partial charge in [-0.2, -0.15) is 0 Å². The number of benzene rings is 1. The number of likely N-dealkylation sites (N-methyl/N-ethyl adjacent to an activating group) is 1. The standard InChI is InChI=1S/C57H86N10O7.CH4.2H2/c1-8-65-47-14-13-41(29-43(47)45(31-55(4,5)16-12-25-68)52(65)44-30-42(63-23-27-73-28-24-63)32-58-49(44)40(3)72-7)62(22-26-69)21-15-48(64-34-56(35-64)37-74-38-56)50(54(71)67-20-10-9-18-59-67)60-53(70)51-39(2)46-33-61(6)36-57(46)17-11-19-66(51)57;;;/h13-14,25,29-30,32,39-40,46,48,50-51,59,69H,8-12,15-24,26-28,31,33-38H2,1-7H3,(H,60,70);1H4;2*1H/t39?,40-,46?,48+,50-,51-,57-;;;/m0.../s1.